The Morgan fingerprint density at radius 2 is 1.91 bits per heavy atom. The van der Waals surface area contributed by atoms with Crippen LogP contribution in [0.15, 0.2) is 48.9 Å². The van der Waals surface area contributed by atoms with Crippen LogP contribution in [0.1, 0.15) is 15.9 Å². The molecule has 2 N–H and O–H groups in total. The van der Waals surface area contributed by atoms with Crippen molar-refractivity contribution in [2.45, 2.75) is 0 Å². The van der Waals surface area contributed by atoms with E-state index in [0.717, 1.165) is 8.04 Å². The number of amides is 1. The number of aromatic hydroxyl groups is 1. The number of phenolic OH excluding ortho intramolecular Hbond substituents is 1. The summed E-state index contributed by atoms with van der Waals surface area (Å²) in [5, 5.41) is 13.8. The van der Waals surface area contributed by atoms with Crippen LogP contribution in [0, 0.1) is 3.57 Å². The third kappa shape index (κ3) is 4.53. The first-order valence-corrected chi connectivity index (χ1v) is 9.30. The van der Waals surface area contributed by atoms with Gasteiger partial charge < -0.3 is 5.11 Å². The lowest BCUT2D eigenvalue weighted by Crippen LogP contribution is -2.18. The van der Waals surface area contributed by atoms with Crippen LogP contribution >= 0.6 is 70.4 Å². The minimum atomic E-state index is -0.338. The minimum Gasteiger partial charge on any atom is -0.506 e. The number of halogens is 4. The molecule has 0 atom stereocenters. The molecule has 2 aromatic rings. The van der Waals surface area contributed by atoms with E-state index in [9.17, 15) is 9.90 Å². The molecule has 0 aliphatic carbocycles. The Bertz CT molecular complexity index is 766. The first kappa shape index (κ1) is 17.9. The van der Waals surface area contributed by atoms with E-state index in [2.05, 4.69) is 80.9 Å². The summed E-state index contributed by atoms with van der Waals surface area (Å²) in [4.78, 5) is 12.1. The van der Waals surface area contributed by atoms with Gasteiger partial charge in [0, 0.05) is 18.1 Å². The number of phenols is 1. The van der Waals surface area contributed by atoms with Crippen LogP contribution in [-0.4, -0.2) is 17.2 Å². The molecule has 0 saturated carbocycles. The lowest BCUT2D eigenvalue weighted by Gasteiger charge is -2.05. The molecule has 8 heteroatoms. The van der Waals surface area contributed by atoms with E-state index in [0.29, 0.717) is 20.1 Å². The smallest absolute Gasteiger partial charge is 0.272 e. The van der Waals surface area contributed by atoms with Gasteiger partial charge in [-0.25, -0.2) is 5.43 Å². The summed E-state index contributed by atoms with van der Waals surface area (Å²) in [6.45, 7) is 0. The fourth-order valence-electron chi connectivity index (χ4n) is 1.58. The van der Waals surface area contributed by atoms with Crippen molar-refractivity contribution in [3.05, 3.63) is 58.4 Å². The van der Waals surface area contributed by atoms with E-state index in [1.807, 2.05) is 6.07 Å². The molecule has 0 aliphatic rings. The molecular weight excluding hydrogens is 595 g/mol. The van der Waals surface area contributed by atoms with Gasteiger partial charge in [-0.3, -0.25) is 4.79 Å². The quantitative estimate of drug-likeness (QED) is 0.294. The summed E-state index contributed by atoms with van der Waals surface area (Å²) in [6.07, 6.45) is 1.38. The monoisotopic (exact) mass is 600 g/mol. The van der Waals surface area contributed by atoms with Gasteiger partial charge in [0.05, 0.1) is 16.3 Å². The summed E-state index contributed by atoms with van der Waals surface area (Å²) in [5.41, 5.74) is 3.40. The Balaban J connectivity index is 2.16. The molecule has 22 heavy (non-hydrogen) atoms. The molecule has 0 heterocycles. The molecule has 114 valence electrons. The topological polar surface area (TPSA) is 61.7 Å². The van der Waals surface area contributed by atoms with Gasteiger partial charge in [0.1, 0.15) is 5.75 Å². The molecule has 0 saturated heterocycles. The van der Waals surface area contributed by atoms with Crippen molar-refractivity contribution in [2.75, 3.05) is 0 Å². The Labute approximate surface area is 165 Å². The molecule has 0 aromatic heterocycles. The zero-order valence-corrected chi connectivity index (χ0v) is 17.7. The van der Waals surface area contributed by atoms with Crippen molar-refractivity contribution >= 4 is 82.5 Å². The van der Waals surface area contributed by atoms with E-state index in [1.165, 1.54) is 6.21 Å². The first-order chi connectivity index (χ1) is 10.4. The fourth-order valence-corrected chi connectivity index (χ4v) is 3.75. The van der Waals surface area contributed by atoms with Gasteiger partial charge in [-0.2, -0.15) is 5.10 Å². The number of carbonyl (C=O) groups is 1. The minimum absolute atomic E-state index is 0.0524. The second kappa shape index (κ2) is 7.89. The van der Waals surface area contributed by atoms with Gasteiger partial charge in [-0.1, -0.05) is 15.9 Å². The van der Waals surface area contributed by atoms with Gasteiger partial charge >= 0.3 is 0 Å². The Kier molecular flexibility index (Phi) is 6.42. The number of hydrogen-bond donors (Lipinski definition) is 2. The lowest BCUT2D eigenvalue weighted by atomic mass is 10.2. The number of nitrogens with zero attached hydrogens (tertiary/aromatic N) is 1. The molecule has 0 aliphatic heterocycles. The van der Waals surface area contributed by atoms with Crippen LogP contribution in [0.4, 0.5) is 0 Å². The van der Waals surface area contributed by atoms with Crippen LogP contribution in [0.3, 0.4) is 0 Å². The highest BCUT2D eigenvalue weighted by Gasteiger charge is 2.10. The van der Waals surface area contributed by atoms with E-state index >= 15 is 0 Å². The summed E-state index contributed by atoms with van der Waals surface area (Å²) in [6, 6.07) is 8.85. The standard InChI is InChI=1S/C14H8Br3IN2O2/c15-8-3-7(13(21)12(17)4-8)6-19-20-14(22)10-5-9(18)1-2-11(10)16/h1-6,21H,(H,20,22)/b19-6+. The molecule has 0 spiro atoms. The molecule has 0 radical (unpaired) electrons. The average Bonchev–Trinajstić information content (AvgIpc) is 2.46. The molecule has 2 aromatic carbocycles. The Morgan fingerprint density at radius 3 is 2.64 bits per heavy atom. The van der Waals surface area contributed by atoms with Gasteiger partial charge in [0.25, 0.3) is 5.91 Å². The second-order valence-corrected chi connectivity index (χ2v) is 8.02. The number of hydrazone groups is 1. The summed E-state index contributed by atoms with van der Waals surface area (Å²) >= 11 is 12.0. The predicted molar refractivity (Wildman–Crippen MR) is 105 cm³/mol. The molecular formula is C14H8Br3IN2O2. The maximum absolute atomic E-state index is 12.1. The average molecular weight is 603 g/mol. The Morgan fingerprint density at radius 1 is 1.18 bits per heavy atom. The van der Waals surface area contributed by atoms with Crippen molar-refractivity contribution in [2.24, 2.45) is 5.10 Å². The fraction of sp³-hybridized carbons (Fsp3) is 0. The van der Waals surface area contributed by atoms with Crippen molar-refractivity contribution in [3.63, 3.8) is 0 Å². The zero-order chi connectivity index (χ0) is 16.3. The number of benzene rings is 2. The van der Waals surface area contributed by atoms with E-state index in [4.69, 9.17) is 0 Å². The molecule has 4 nitrogen and oxygen atoms in total. The molecule has 0 unspecified atom stereocenters. The lowest BCUT2D eigenvalue weighted by molar-refractivity contribution is 0.0954. The van der Waals surface area contributed by atoms with Crippen LogP contribution in [0.2, 0.25) is 0 Å². The number of nitrogens with one attached hydrogen (secondary N) is 1. The molecule has 0 bridgehead atoms. The summed E-state index contributed by atoms with van der Waals surface area (Å²) < 4.78 is 2.96. The highest BCUT2D eigenvalue weighted by Crippen LogP contribution is 2.30. The zero-order valence-electron chi connectivity index (χ0n) is 10.8. The van der Waals surface area contributed by atoms with Crippen LogP contribution in [0.5, 0.6) is 5.75 Å². The third-order valence-electron chi connectivity index (χ3n) is 2.60. The van der Waals surface area contributed by atoms with Crippen LogP contribution < -0.4 is 5.43 Å². The van der Waals surface area contributed by atoms with Crippen molar-refractivity contribution in [1.82, 2.24) is 5.43 Å². The predicted octanol–water partition coefficient (Wildman–Crippen LogP) is 5.05. The van der Waals surface area contributed by atoms with Crippen molar-refractivity contribution in [1.29, 1.82) is 0 Å². The van der Waals surface area contributed by atoms with Gasteiger partial charge in [-0.05, 0) is 84.8 Å². The van der Waals surface area contributed by atoms with Gasteiger partial charge in [0.2, 0.25) is 0 Å². The highest BCUT2D eigenvalue weighted by atomic mass is 127. The molecule has 0 fully saturated rings. The number of rotatable bonds is 3. The van der Waals surface area contributed by atoms with E-state index < -0.39 is 0 Å². The maximum Gasteiger partial charge on any atom is 0.272 e. The van der Waals surface area contributed by atoms with E-state index in [-0.39, 0.29) is 11.7 Å². The third-order valence-corrected chi connectivity index (χ3v) is 5.03. The first-order valence-electron chi connectivity index (χ1n) is 5.85. The largest absolute Gasteiger partial charge is 0.506 e. The second-order valence-electron chi connectivity index (χ2n) is 4.15. The van der Waals surface area contributed by atoms with Gasteiger partial charge in [-0.15, -0.1) is 0 Å². The van der Waals surface area contributed by atoms with Crippen LogP contribution in [0.25, 0.3) is 0 Å². The summed E-state index contributed by atoms with van der Waals surface area (Å²) in [5.74, 6) is -0.285. The normalized spacial score (nSPS) is 10.9. The number of hydrogen-bond acceptors (Lipinski definition) is 3. The Hall–Kier alpha value is -0.450. The van der Waals surface area contributed by atoms with Crippen molar-refractivity contribution < 1.29 is 9.90 Å². The highest BCUT2D eigenvalue weighted by molar-refractivity contribution is 14.1. The summed E-state index contributed by atoms with van der Waals surface area (Å²) in [7, 11) is 0. The van der Waals surface area contributed by atoms with Gasteiger partial charge in [0.15, 0.2) is 0 Å². The van der Waals surface area contributed by atoms with Crippen molar-refractivity contribution in [3.8, 4) is 5.75 Å². The molecule has 1 amide bonds. The number of carbonyl (C=O) groups excluding carboxylic acids is 1. The van der Waals surface area contributed by atoms with Crippen LogP contribution in [-0.2, 0) is 0 Å². The van der Waals surface area contributed by atoms with E-state index in [1.54, 1.807) is 24.3 Å². The maximum atomic E-state index is 12.1. The SMILES string of the molecule is O=C(N/N=C/c1cc(Br)cc(Br)c1O)c1cc(I)ccc1Br. The molecule has 2 rings (SSSR count).